The predicted molar refractivity (Wildman–Crippen MR) is 62.9 cm³/mol. The smallest absolute Gasteiger partial charge is 0.000618 e. The lowest BCUT2D eigenvalue weighted by Gasteiger charge is -2.28. The summed E-state index contributed by atoms with van der Waals surface area (Å²) in [6.45, 7) is 11.5. The van der Waals surface area contributed by atoms with Crippen molar-refractivity contribution in [3.63, 3.8) is 0 Å². The van der Waals surface area contributed by atoms with E-state index >= 15 is 0 Å². The summed E-state index contributed by atoms with van der Waals surface area (Å²) in [7, 11) is -1.20. The fourth-order valence-electron chi connectivity index (χ4n) is 1.15. The van der Waals surface area contributed by atoms with Crippen molar-refractivity contribution in [3.05, 3.63) is 66.3 Å². The van der Waals surface area contributed by atoms with Crippen LogP contribution in [0, 0.1) is 0 Å². The van der Waals surface area contributed by atoms with E-state index in [-0.39, 0.29) is 0 Å². The molecule has 0 unspecified atom stereocenters. The largest absolute Gasteiger partial charge is 0.155 e. The van der Waals surface area contributed by atoms with Crippen LogP contribution in [0.25, 0.3) is 0 Å². The van der Waals surface area contributed by atoms with E-state index in [4.69, 9.17) is 0 Å². The lowest BCUT2D eigenvalue weighted by atomic mass is 10.4. The van der Waals surface area contributed by atoms with Crippen LogP contribution in [0.5, 0.6) is 0 Å². The van der Waals surface area contributed by atoms with E-state index in [0.717, 1.165) is 0 Å². The third-order valence-corrected chi connectivity index (χ3v) is 4.72. The summed E-state index contributed by atoms with van der Waals surface area (Å²) in [5, 5.41) is 5.80. The van der Waals surface area contributed by atoms with E-state index in [1.54, 1.807) is 0 Å². The highest BCUT2D eigenvalue weighted by molar-refractivity contribution is 8.40. The summed E-state index contributed by atoms with van der Waals surface area (Å²) in [5.74, 6) is 0. The summed E-state index contributed by atoms with van der Waals surface area (Å²) in [5.41, 5.74) is 0. The summed E-state index contributed by atoms with van der Waals surface area (Å²) < 4.78 is 0. The predicted octanol–water partition coefficient (Wildman–Crippen LogP) is 4.28. The van der Waals surface area contributed by atoms with Crippen molar-refractivity contribution < 1.29 is 0 Å². The second-order valence-corrected chi connectivity index (χ2v) is 5.57. The standard InChI is InChI=1S/C12H14S/c1-4-13(5-2,6-3)12-10-8-7-9-11-12/h4-11H,1-3H2. The molecule has 13 heavy (non-hydrogen) atoms. The maximum absolute atomic E-state index is 3.85. The molecule has 0 bridgehead atoms. The maximum Gasteiger partial charge on any atom is 0.000618 e. The molecular formula is C12H14S. The van der Waals surface area contributed by atoms with Crippen molar-refractivity contribution in [3.8, 4) is 0 Å². The SMILES string of the molecule is C=CS(C=C)(C=C)c1ccccc1. The van der Waals surface area contributed by atoms with Gasteiger partial charge in [-0.15, -0.1) is 0 Å². The average Bonchev–Trinajstić information content (AvgIpc) is 2.23. The minimum Gasteiger partial charge on any atom is -0.155 e. The summed E-state index contributed by atoms with van der Waals surface area (Å²) in [4.78, 5) is 1.23. The van der Waals surface area contributed by atoms with Gasteiger partial charge in [-0.1, -0.05) is 37.9 Å². The first kappa shape index (κ1) is 9.87. The van der Waals surface area contributed by atoms with Crippen LogP contribution in [-0.2, 0) is 0 Å². The van der Waals surface area contributed by atoms with Gasteiger partial charge in [0.2, 0.25) is 0 Å². The molecule has 0 aliphatic rings. The molecule has 0 spiro atoms. The zero-order valence-corrected chi connectivity index (χ0v) is 8.46. The Balaban J connectivity index is 3.23. The van der Waals surface area contributed by atoms with Crippen molar-refractivity contribution >= 4 is 10.0 Å². The molecule has 1 aromatic rings. The van der Waals surface area contributed by atoms with Gasteiger partial charge in [0.05, 0.1) is 0 Å². The van der Waals surface area contributed by atoms with E-state index in [2.05, 4.69) is 31.9 Å². The fourth-order valence-corrected chi connectivity index (χ4v) is 2.76. The number of hydrogen-bond acceptors (Lipinski definition) is 0. The van der Waals surface area contributed by atoms with E-state index in [0.29, 0.717) is 0 Å². The number of benzene rings is 1. The molecule has 0 saturated carbocycles. The Morgan fingerprint density at radius 3 is 1.69 bits per heavy atom. The van der Waals surface area contributed by atoms with Crippen LogP contribution in [0.1, 0.15) is 0 Å². The van der Waals surface area contributed by atoms with Crippen molar-refractivity contribution in [1.82, 2.24) is 0 Å². The number of hydrogen-bond donors (Lipinski definition) is 0. The molecule has 1 rings (SSSR count). The zero-order valence-electron chi connectivity index (χ0n) is 7.65. The third-order valence-electron chi connectivity index (χ3n) is 1.98. The first-order valence-electron chi connectivity index (χ1n) is 4.05. The summed E-state index contributed by atoms with van der Waals surface area (Å²) in [6, 6.07) is 10.2. The maximum atomic E-state index is 3.85. The Morgan fingerprint density at radius 2 is 1.31 bits per heavy atom. The van der Waals surface area contributed by atoms with Gasteiger partial charge in [0.25, 0.3) is 0 Å². The highest BCUT2D eigenvalue weighted by Crippen LogP contribution is 2.58. The van der Waals surface area contributed by atoms with E-state index < -0.39 is 10.0 Å². The Morgan fingerprint density at radius 1 is 0.846 bits per heavy atom. The molecule has 0 amide bonds. The monoisotopic (exact) mass is 190 g/mol. The van der Waals surface area contributed by atoms with Crippen LogP contribution in [0.4, 0.5) is 0 Å². The normalized spacial score (nSPS) is 11.7. The minimum atomic E-state index is -1.20. The Kier molecular flexibility index (Phi) is 3.15. The molecule has 0 aromatic heterocycles. The van der Waals surface area contributed by atoms with Crippen LogP contribution in [0.3, 0.4) is 0 Å². The Labute approximate surface area is 81.6 Å². The quantitative estimate of drug-likeness (QED) is 0.664. The van der Waals surface area contributed by atoms with E-state index in [9.17, 15) is 0 Å². The van der Waals surface area contributed by atoms with Crippen molar-refractivity contribution in [2.45, 2.75) is 4.90 Å². The van der Waals surface area contributed by atoms with Gasteiger partial charge in [-0.05, 0) is 28.4 Å². The molecule has 1 aromatic carbocycles. The molecule has 0 heterocycles. The molecule has 0 N–H and O–H groups in total. The van der Waals surface area contributed by atoms with Crippen molar-refractivity contribution in [2.75, 3.05) is 0 Å². The van der Waals surface area contributed by atoms with Gasteiger partial charge >= 0.3 is 0 Å². The molecule has 0 radical (unpaired) electrons. The van der Waals surface area contributed by atoms with E-state index in [1.807, 2.05) is 34.4 Å². The second-order valence-electron chi connectivity index (χ2n) is 2.57. The first-order valence-corrected chi connectivity index (χ1v) is 5.87. The lowest BCUT2D eigenvalue weighted by molar-refractivity contribution is 1.45. The lowest BCUT2D eigenvalue weighted by Crippen LogP contribution is -1.87. The van der Waals surface area contributed by atoms with Gasteiger partial charge in [0, 0.05) is 4.90 Å². The molecular weight excluding hydrogens is 176 g/mol. The summed E-state index contributed by atoms with van der Waals surface area (Å²) in [6.07, 6.45) is 0. The molecule has 1 heteroatoms. The topological polar surface area (TPSA) is 0 Å². The van der Waals surface area contributed by atoms with E-state index in [1.165, 1.54) is 4.90 Å². The van der Waals surface area contributed by atoms with Crippen molar-refractivity contribution in [2.24, 2.45) is 0 Å². The second kappa shape index (κ2) is 4.15. The molecule has 0 fully saturated rings. The molecule has 0 saturated heterocycles. The average molecular weight is 190 g/mol. The Bertz CT molecular complexity index is 289. The van der Waals surface area contributed by atoms with Crippen LogP contribution in [-0.4, -0.2) is 0 Å². The number of rotatable bonds is 4. The molecule has 0 atom stereocenters. The Hall–Kier alpha value is -1.21. The van der Waals surface area contributed by atoms with Crippen LogP contribution >= 0.6 is 10.0 Å². The van der Waals surface area contributed by atoms with Crippen LogP contribution in [0.15, 0.2) is 71.2 Å². The van der Waals surface area contributed by atoms with Gasteiger partial charge in [0.1, 0.15) is 0 Å². The van der Waals surface area contributed by atoms with Gasteiger partial charge in [0.15, 0.2) is 0 Å². The van der Waals surface area contributed by atoms with Crippen LogP contribution in [0.2, 0.25) is 0 Å². The highest BCUT2D eigenvalue weighted by atomic mass is 32.3. The van der Waals surface area contributed by atoms with Gasteiger partial charge < -0.3 is 0 Å². The minimum absolute atomic E-state index is 1.20. The molecule has 68 valence electrons. The molecule has 0 aliphatic heterocycles. The summed E-state index contributed by atoms with van der Waals surface area (Å²) >= 11 is 0. The van der Waals surface area contributed by atoms with Gasteiger partial charge in [-0.3, -0.25) is 0 Å². The van der Waals surface area contributed by atoms with Gasteiger partial charge in [-0.25, -0.2) is 0 Å². The first-order chi connectivity index (χ1) is 6.29. The van der Waals surface area contributed by atoms with Gasteiger partial charge in [-0.2, -0.15) is 10.0 Å². The fraction of sp³-hybridized carbons (Fsp3) is 0. The van der Waals surface area contributed by atoms with Crippen LogP contribution < -0.4 is 0 Å². The zero-order chi connectivity index (χ0) is 9.73. The third kappa shape index (κ3) is 1.76. The van der Waals surface area contributed by atoms with Crippen molar-refractivity contribution in [1.29, 1.82) is 0 Å². The highest BCUT2D eigenvalue weighted by Gasteiger charge is 2.13. The molecule has 0 aliphatic carbocycles. The molecule has 0 nitrogen and oxygen atoms in total.